The van der Waals surface area contributed by atoms with Gasteiger partial charge in [0.1, 0.15) is 0 Å². The monoisotopic (exact) mass is 379 g/mol. The van der Waals surface area contributed by atoms with Gasteiger partial charge in [-0.1, -0.05) is 6.92 Å². The fraction of sp³-hybridized carbons (Fsp3) is 0.640. The van der Waals surface area contributed by atoms with E-state index in [0.29, 0.717) is 0 Å². The first-order valence-corrected chi connectivity index (χ1v) is 11.4. The molecule has 2 aliphatic heterocycles. The second-order valence-electron chi connectivity index (χ2n) is 9.56. The third kappa shape index (κ3) is 4.05. The number of hydrogen-bond donors (Lipinski definition) is 1. The van der Waals surface area contributed by atoms with E-state index in [1.807, 2.05) is 0 Å². The summed E-state index contributed by atoms with van der Waals surface area (Å²) < 4.78 is 0. The lowest BCUT2D eigenvalue weighted by Gasteiger charge is -2.35. The lowest BCUT2D eigenvalue weighted by molar-refractivity contribution is 0.330. The van der Waals surface area contributed by atoms with Crippen molar-refractivity contribution in [3.8, 4) is 0 Å². The van der Waals surface area contributed by atoms with E-state index in [1.54, 1.807) is 0 Å². The molecule has 4 rings (SSSR count). The van der Waals surface area contributed by atoms with Gasteiger partial charge in [0, 0.05) is 22.3 Å². The van der Waals surface area contributed by atoms with Gasteiger partial charge in [0.25, 0.3) is 0 Å². The molecule has 28 heavy (non-hydrogen) atoms. The van der Waals surface area contributed by atoms with Crippen molar-refractivity contribution in [3.05, 3.63) is 34.5 Å². The molecule has 0 aliphatic carbocycles. The van der Waals surface area contributed by atoms with Crippen LogP contribution >= 0.6 is 0 Å². The molecule has 2 aromatic rings. The van der Waals surface area contributed by atoms with Gasteiger partial charge in [-0.2, -0.15) is 0 Å². The van der Waals surface area contributed by atoms with Crippen molar-refractivity contribution in [1.29, 1.82) is 0 Å². The molecule has 1 fully saturated rings. The van der Waals surface area contributed by atoms with E-state index in [4.69, 9.17) is 4.98 Å². The van der Waals surface area contributed by atoms with Gasteiger partial charge < -0.3 is 10.2 Å². The van der Waals surface area contributed by atoms with Gasteiger partial charge in [0.15, 0.2) is 0 Å². The number of nitrogens with zero attached hydrogens (tertiary/aromatic N) is 2. The van der Waals surface area contributed by atoms with Crippen LogP contribution in [-0.4, -0.2) is 35.1 Å². The Labute approximate surface area is 170 Å². The highest BCUT2D eigenvalue weighted by molar-refractivity contribution is 5.95. The molecule has 3 heteroatoms. The second-order valence-corrected chi connectivity index (χ2v) is 9.56. The number of likely N-dealkylation sites (tertiary alicyclic amines) is 1. The number of pyridine rings is 1. The van der Waals surface area contributed by atoms with Crippen LogP contribution in [0.2, 0.25) is 0 Å². The Hall–Kier alpha value is -1.61. The number of anilines is 1. The Morgan fingerprint density at radius 2 is 1.89 bits per heavy atom. The van der Waals surface area contributed by atoms with E-state index in [9.17, 15) is 0 Å². The molecule has 0 saturated carbocycles. The first kappa shape index (κ1) is 19.7. The van der Waals surface area contributed by atoms with Gasteiger partial charge in [-0.3, -0.25) is 4.98 Å². The van der Waals surface area contributed by atoms with Crippen LogP contribution in [0.3, 0.4) is 0 Å². The molecular weight excluding hydrogens is 342 g/mol. The fourth-order valence-electron chi connectivity index (χ4n) is 5.07. The first-order valence-electron chi connectivity index (χ1n) is 11.4. The molecule has 152 valence electrons. The second kappa shape index (κ2) is 8.02. The van der Waals surface area contributed by atoms with Crippen molar-refractivity contribution in [2.45, 2.75) is 84.6 Å². The molecule has 1 saturated heterocycles. The normalized spacial score (nSPS) is 19.0. The molecule has 1 N–H and O–H groups in total. The Balaban J connectivity index is 1.58. The number of unbranched alkanes of at least 4 members (excludes halogenated alkanes) is 1. The summed E-state index contributed by atoms with van der Waals surface area (Å²) in [7, 11) is 0. The number of aromatic nitrogens is 1. The zero-order chi connectivity index (χ0) is 19.7. The highest BCUT2D eigenvalue weighted by Crippen LogP contribution is 2.38. The number of nitrogens with one attached hydrogen (secondary N) is 1. The maximum atomic E-state index is 5.02. The molecule has 2 aliphatic rings. The van der Waals surface area contributed by atoms with Crippen LogP contribution in [0.4, 0.5) is 5.69 Å². The lowest BCUT2D eigenvalue weighted by atomic mass is 9.86. The maximum Gasteiger partial charge on any atom is 0.0729 e. The third-order valence-electron chi connectivity index (χ3n) is 6.83. The van der Waals surface area contributed by atoms with Crippen molar-refractivity contribution in [3.63, 3.8) is 0 Å². The van der Waals surface area contributed by atoms with Gasteiger partial charge >= 0.3 is 0 Å². The summed E-state index contributed by atoms with van der Waals surface area (Å²) in [4.78, 5) is 7.65. The predicted molar refractivity (Wildman–Crippen MR) is 120 cm³/mol. The first-order chi connectivity index (χ1) is 13.5. The summed E-state index contributed by atoms with van der Waals surface area (Å²) in [5.74, 6) is 0. The van der Waals surface area contributed by atoms with E-state index in [1.165, 1.54) is 97.1 Å². The van der Waals surface area contributed by atoms with Crippen molar-refractivity contribution in [2.75, 3.05) is 25.0 Å². The minimum Gasteiger partial charge on any atom is -0.379 e. The van der Waals surface area contributed by atoms with Gasteiger partial charge in [0.2, 0.25) is 0 Å². The molecule has 1 aromatic heterocycles. The summed E-state index contributed by atoms with van der Waals surface area (Å²) >= 11 is 0. The smallest absolute Gasteiger partial charge is 0.0729 e. The third-order valence-corrected chi connectivity index (χ3v) is 6.83. The Morgan fingerprint density at radius 1 is 1.11 bits per heavy atom. The number of aryl methyl sites for hydroxylation is 3. The quantitative estimate of drug-likeness (QED) is 0.656. The molecule has 0 bridgehead atoms. The number of benzene rings is 1. The number of fused-ring (bicyclic) bond motifs is 3. The lowest BCUT2D eigenvalue weighted by Crippen LogP contribution is -2.35. The zero-order valence-electron chi connectivity index (χ0n) is 18.3. The van der Waals surface area contributed by atoms with Crippen molar-refractivity contribution >= 4 is 16.6 Å². The molecular formula is C25H37N3. The van der Waals surface area contributed by atoms with Crippen molar-refractivity contribution < 1.29 is 0 Å². The molecule has 0 spiro atoms. The molecule has 0 amide bonds. The van der Waals surface area contributed by atoms with Gasteiger partial charge in [-0.05, 0) is 121 Å². The SMILES string of the molecule is CCc1cc2c3c(c(C)nc2cc1CCCCN1CCCC1)CCC(C)(C)N3. The van der Waals surface area contributed by atoms with E-state index in [0.717, 1.165) is 12.8 Å². The minimum atomic E-state index is 0.161. The van der Waals surface area contributed by atoms with Gasteiger partial charge in [-0.25, -0.2) is 0 Å². The molecule has 0 unspecified atom stereocenters. The molecule has 1 aromatic carbocycles. The van der Waals surface area contributed by atoms with Crippen LogP contribution in [0, 0.1) is 6.92 Å². The van der Waals surface area contributed by atoms with E-state index in [2.05, 4.69) is 50.0 Å². The predicted octanol–water partition coefficient (Wildman–Crippen LogP) is 5.66. The van der Waals surface area contributed by atoms with E-state index in [-0.39, 0.29) is 5.54 Å². The highest BCUT2D eigenvalue weighted by atomic mass is 15.1. The standard InChI is InChI=1S/C25H37N3/c1-5-19-16-22-23(17-20(19)10-6-7-13-28-14-8-9-15-28)26-18(2)21-11-12-25(3,4)27-24(21)22/h16-17,27H,5-15H2,1-4H3. The van der Waals surface area contributed by atoms with Crippen LogP contribution < -0.4 is 5.32 Å². The largest absolute Gasteiger partial charge is 0.379 e. The average Bonchev–Trinajstić information content (AvgIpc) is 3.17. The Kier molecular flexibility index (Phi) is 5.64. The van der Waals surface area contributed by atoms with Crippen LogP contribution in [0.15, 0.2) is 12.1 Å². The van der Waals surface area contributed by atoms with Gasteiger partial charge in [-0.15, -0.1) is 0 Å². The molecule has 3 nitrogen and oxygen atoms in total. The zero-order valence-corrected chi connectivity index (χ0v) is 18.3. The highest BCUT2D eigenvalue weighted by Gasteiger charge is 2.27. The summed E-state index contributed by atoms with van der Waals surface area (Å²) in [6.45, 7) is 13.0. The van der Waals surface area contributed by atoms with Crippen LogP contribution in [-0.2, 0) is 19.3 Å². The summed E-state index contributed by atoms with van der Waals surface area (Å²) in [6.07, 6.45) is 9.97. The van der Waals surface area contributed by atoms with Crippen LogP contribution in [0.5, 0.6) is 0 Å². The summed E-state index contributed by atoms with van der Waals surface area (Å²) in [5.41, 5.74) is 8.32. The topological polar surface area (TPSA) is 28.2 Å². The molecule has 3 heterocycles. The Bertz CT molecular complexity index is 847. The van der Waals surface area contributed by atoms with Crippen molar-refractivity contribution in [2.24, 2.45) is 0 Å². The Morgan fingerprint density at radius 3 is 2.64 bits per heavy atom. The minimum absolute atomic E-state index is 0.161. The fourth-order valence-corrected chi connectivity index (χ4v) is 5.07. The molecule has 0 radical (unpaired) electrons. The van der Waals surface area contributed by atoms with Gasteiger partial charge in [0.05, 0.1) is 5.52 Å². The van der Waals surface area contributed by atoms with Crippen LogP contribution in [0.25, 0.3) is 10.9 Å². The van der Waals surface area contributed by atoms with Crippen LogP contribution in [0.1, 0.15) is 75.3 Å². The maximum absolute atomic E-state index is 5.02. The number of hydrogen-bond acceptors (Lipinski definition) is 3. The van der Waals surface area contributed by atoms with E-state index >= 15 is 0 Å². The van der Waals surface area contributed by atoms with Crippen molar-refractivity contribution in [1.82, 2.24) is 9.88 Å². The number of rotatable bonds is 6. The van der Waals surface area contributed by atoms with E-state index < -0.39 is 0 Å². The summed E-state index contributed by atoms with van der Waals surface area (Å²) in [5, 5.41) is 5.15. The average molecular weight is 380 g/mol. The molecule has 0 atom stereocenters. The summed E-state index contributed by atoms with van der Waals surface area (Å²) in [6, 6.07) is 4.82.